The number of rotatable bonds is 6. The van der Waals surface area contributed by atoms with Crippen LogP contribution in [0.4, 0.5) is 11.4 Å². The number of anilines is 2. The van der Waals surface area contributed by atoms with Crippen LogP contribution in [-0.4, -0.2) is 44.4 Å². The zero-order valence-electron chi connectivity index (χ0n) is 12.7. The Morgan fingerprint density at radius 2 is 1.59 bits per heavy atom. The van der Waals surface area contributed by atoms with E-state index in [1.807, 2.05) is 54.6 Å². The van der Waals surface area contributed by atoms with Gasteiger partial charge in [0.1, 0.15) is 12.4 Å². The monoisotopic (exact) mass is 298 g/mol. The van der Waals surface area contributed by atoms with Gasteiger partial charge in [-0.1, -0.05) is 18.2 Å². The molecule has 1 heterocycles. The van der Waals surface area contributed by atoms with Gasteiger partial charge in [0.2, 0.25) is 0 Å². The number of hydrogen-bond donors (Lipinski definition) is 1. The summed E-state index contributed by atoms with van der Waals surface area (Å²) in [5.74, 6) is 0.909. The molecule has 22 heavy (non-hydrogen) atoms. The van der Waals surface area contributed by atoms with Crippen molar-refractivity contribution in [2.45, 2.75) is 0 Å². The summed E-state index contributed by atoms with van der Waals surface area (Å²) in [6.45, 7) is 5.34. The average molecular weight is 298 g/mol. The SMILES string of the molecule is c1ccc(Nc2ccc(OCCN3CCOCC3)cc2)cc1. The topological polar surface area (TPSA) is 33.7 Å². The van der Waals surface area contributed by atoms with Crippen LogP contribution >= 0.6 is 0 Å². The fourth-order valence-corrected chi connectivity index (χ4v) is 2.44. The summed E-state index contributed by atoms with van der Waals surface area (Å²) in [5.41, 5.74) is 2.15. The molecular weight excluding hydrogens is 276 g/mol. The summed E-state index contributed by atoms with van der Waals surface area (Å²) in [6.07, 6.45) is 0. The van der Waals surface area contributed by atoms with Crippen molar-refractivity contribution in [2.75, 3.05) is 44.8 Å². The molecule has 0 atom stereocenters. The molecular formula is C18H22N2O2. The largest absolute Gasteiger partial charge is 0.492 e. The molecule has 0 saturated carbocycles. The Bertz CT molecular complexity index is 551. The highest BCUT2D eigenvalue weighted by molar-refractivity contribution is 5.59. The van der Waals surface area contributed by atoms with Crippen LogP contribution in [0, 0.1) is 0 Å². The van der Waals surface area contributed by atoms with Crippen molar-refractivity contribution in [1.82, 2.24) is 4.90 Å². The first-order valence-electron chi connectivity index (χ1n) is 7.75. The van der Waals surface area contributed by atoms with Crippen LogP contribution in [0.15, 0.2) is 54.6 Å². The number of nitrogens with zero attached hydrogens (tertiary/aromatic N) is 1. The third-order valence-corrected chi connectivity index (χ3v) is 3.70. The normalized spacial score (nSPS) is 15.5. The van der Waals surface area contributed by atoms with Gasteiger partial charge in [-0.15, -0.1) is 0 Å². The molecule has 4 nitrogen and oxygen atoms in total. The van der Waals surface area contributed by atoms with Crippen LogP contribution in [0.3, 0.4) is 0 Å². The van der Waals surface area contributed by atoms with E-state index < -0.39 is 0 Å². The molecule has 2 aromatic carbocycles. The second-order valence-corrected chi connectivity index (χ2v) is 5.32. The lowest BCUT2D eigenvalue weighted by molar-refractivity contribution is 0.0322. The molecule has 1 aliphatic heterocycles. The maximum atomic E-state index is 5.80. The average Bonchev–Trinajstić information content (AvgIpc) is 2.58. The molecule has 0 bridgehead atoms. The van der Waals surface area contributed by atoms with E-state index in [-0.39, 0.29) is 0 Å². The minimum Gasteiger partial charge on any atom is -0.492 e. The second kappa shape index (κ2) is 7.82. The van der Waals surface area contributed by atoms with Gasteiger partial charge >= 0.3 is 0 Å². The number of morpholine rings is 1. The van der Waals surface area contributed by atoms with Gasteiger partial charge in [-0.3, -0.25) is 4.90 Å². The molecule has 4 heteroatoms. The first-order valence-corrected chi connectivity index (χ1v) is 7.75. The van der Waals surface area contributed by atoms with Crippen LogP contribution in [0.1, 0.15) is 0 Å². The Hall–Kier alpha value is -2.04. The molecule has 0 unspecified atom stereocenters. The molecule has 1 fully saturated rings. The minimum absolute atomic E-state index is 0.714. The van der Waals surface area contributed by atoms with E-state index in [0.717, 1.165) is 50.0 Å². The number of para-hydroxylation sites is 1. The minimum atomic E-state index is 0.714. The van der Waals surface area contributed by atoms with Crippen molar-refractivity contribution in [3.63, 3.8) is 0 Å². The van der Waals surface area contributed by atoms with Crippen molar-refractivity contribution < 1.29 is 9.47 Å². The molecule has 0 spiro atoms. The van der Waals surface area contributed by atoms with Crippen molar-refractivity contribution in [1.29, 1.82) is 0 Å². The lowest BCUT2D eigenvalue weighted by Gasteiger charge is -2.26. The molecule has 1 aliphatic rings. The van der Waals surface area contributed by atoms with E-state index in [0.29, 0.717) is 6.61 Å². The van der Waals surface area contributed by atoms with Crippen LogP contribution in [0.5, 0.6) is 5.75 Å². The van der Waals surface area contributed by atoms with Gasteiger partial charge in [-0.2, -0.15) is 0 Å². The quantitative estimate of drug-likeness (QED) is 0.888. The van der Waals surface area contributed by atoms with Crippen molar-refractivity contribution in [3.05, 3.63) is 54.6 Å². The number of hydrogen-bond acceptors (Lipinski definition) is 4. The Kier molecular flexibility index (Phi) is 5.29. The van der Waals surface area contributed by atoms with E-state index in [4.69, 9.17) is 9.47 Å². The smallest absolute Gasteiger partial charge is 0.119 e. The summed E-state index contributed by atoms with van der Waals surface area (Å²) < 4.78 is 11.1. The van der Waals surface area contributed by atoms with E-state index in [1.54, 1.807) is 0 Å². The highest BCUT2D eigenvalue weighted by Crippen LogP contribution is 2.19. The Balaban J connectivity index is 1.45. The van der Waals surface area contributed by atoms with Gasteiger partial charge in [0.05, 0.1) is 13.2 Å². The fourth-order valence-electron chi connectivity index (χ4n) is 2.44. The number of nitrogens with one attached hydrogen (secondary N) is 1. The highest BCUT2D eigenvalue weighted by atomic mass is 16.5. The number of benzene rings is 2. The van der Waals surface area contributed by atoms with Gasteiger partial charge < -0.3 is 14.8 Å². The Morgan fingerprint density at radius 3 is 2.32 bits per heavy atom. The molecule has 2 aromatic rings. The maximum absolute atomic E-state index is 5.80. The van der Waals surface area contributed by atoms with Crippen molar-refractivity contribution in [3.8, 4) is 5.75 Å². The molecule has 1 saturated heterocycles. The predicted octanol–water partition coefficient (Wildman–Crippen LogP) is 3.14. The molecule has 0 radical (unpaired) electrons. The van der Waals surface area contributed by atoms with E-state index >= 15 is 0 Å². The fraction of sp³-hybridized carbons (Fsp3) is 0.333. The molecule has 0 aromatic heterocycles. The molecule has 0 amide bonds. The predicted molar refractivity (Wildman–Crippen MR) is 88.9 cm³/mol. The Morgan fingerprint density at radius 1 is 0.909 bits per heavy atom. The van der Waals surface area contributed by atoms with Crippen molar-refractivity contribution in [2.24, 2.45) is 0 Å². The van der Waals surface area contributed by atoms with Gasteiger partial charge in [0.15, 0.2) is 0 Å². The van der Waals surface area contributed by atoms with Crippen LogP contribution in [0.25, 0.3) is 0 Å². The molecule has 0 aliphatic carbocycles. The standard InChI is InChI=1S/C18H22N2O2/c1-2-4-16(5-3-1)19-17-6-8-18(9-7-17)22-15-12-20-10-13-21-14-11-20/h1-9,19H,10-15H2. The number of ether oxygens (including phenoxy) is 2. The van der Waals surface area contributed by atoms with Crippen LogP contribution in [0.2, 0.25) is 0 Å². The first kappa shape index (κ1) is 14.9. The van der Waals surface area contributed by atoms with Crippen LogP contribution < -0.4 is 10.1 Å². The third-order valence-electron chi connectivity index (χ3n) is 3.70. The van der Waals surface area contributed by atoms with Crippen LogP contribution in [-0.2, 0) is 4.74 Å². The van der Waals surface area contributed by atoms with E-state index in [9.17, 15) is 0 Å². The summed E-state index contributed by atoms with van der Waals surface area (Å²) in [5, 5.41) is 3.36. The lowest BCUT2D eigenvalue weighted by Crippen LogP contribution is -2.38. The zero-order chi connectivity index (χ0) is 15.0. The summed E-state index contributed by atoms with van der Waals surface area (Å²) >= 11 is 0. The second-order valence-electron chi connectivity index (χ2n) is 5.32. The summed E-state index contributed by atoms with van der Waals surface area (Å²) in [6, 6.07) is 18.2. The highest BCUT2D eigenvalue weighted by Gasteiger charge is 2.09. The lowest BCUT2D eigenvalue weighted by atomic mass is 10.2. The summed E-state index contributed by atoms with van der Waals surface area (Å²) in [4.78, 5) is 2.37. The molecule has 3 rings (SSSR count). The third kappa shape index (κ3) is 4.48. The maximum Gasteiger partial charge on any atom is 0.119 e. The van der Waals surface area contributed by atoms with Crippen molar-refractivity contribution >= 4 is 11.4 Å². The molecule has 1 N–H and O–H groups in total. The van der Waals surface area contributed by atoms with Gasteiger partial charge in [-0.05, 0) is 36.4 Å². The van der Waals surface area contributed by atoms with E-state index in [2.05, 4.69) is 10.2 Å². The van der Waals surface area contributed by atoms with E-state index in [1.165, 1.54) is 0 Å². The molecule has 116 valence electrons. The van der Waals surface area contributed by atoms with Gasteiger partial charge in [0, 0.05) is 31.0 Å². The first-order chi connectivity index (χ1) is 10.9. The van der Waals surface area contributed by atoms with Gasteiger partial charge in [0.25, 0.3) is 0 Å². The zero-order valence-corrected chi connectivity index (χ0v) is 12.7. The Labute approximate surface area is 131 Å². The summed E-state index contributed by atoms with van der Waals surface area (Å²) in [7, 11) is 0. The van der Waals surface area contributed by atoms with Gasteiger partial charge in [-0.25, -0.2) is 0 Å².